The van der Waals surface area contributed by atoms with Gasteiger partial charge >= 0.3 is 0 Å². The molecule has 0 radical (unpaired) electrons. The molecule has 0 aromatic rings. The molecule has 1 aliphatic heterocycles. The predicted octanol–water partition coefficient (Wildman–Crippen LogP) is 4.80. The standard InChI is InChI=1S/C17H33NO/c1-3-5-6-7-8-9-12-17(18-13-4-2)16-11-10-14-19-15-16/h15,17-18H,3-14H2,1-2H3. The average molecular weight is 267 g/mol. The van der Waals surface area contributed by atoms with Crippen molar-refractivity contribution >= 4 is 0 Å². The zero-order valence-electron chi connectivity index (χ0n) is 13.0. The van der Waals surface area contributed by atoms with Crippen molar-refractivity contribution in [3.63, 3.8) is 0 Å². The van der Waals surface area contributed by atoms with E-state index in [1.54, 1.807) is 0 Å². The lowest BCUT2D eigenvalue weighted by Crippen LogP contribution is -2.32. The third kappa shape index (κ3) is 7.61. The van der Waals surface area contributed by atoms with E-state index in [2.05, 4.69) is 19.2 Å². The van der Waals surface area contributed by atoms with Crippen molar-refractivity contribution in [3.05, 3.63) is 11.8 Å². The number of hydrogen-bond donors (Lipinski definition) is 1. The molecule has 1 N–H and O–H groups in total. The zero-order valence-corrected chi connectivity index (χ0v) is 13.0. The second-order valence-corrected chi connectivity index (χ2v) is 5.73. The Balaban J connectivity index is 2.22. The van der Waals surface area contributed by atoms with E-state index >= 15 is 0 Å². The Kier molecular flexibility index (Phi) is 9.88. The Morgan fingerprint density at radius 2 is 1.89 bits per heavy atom. The highest BCUT2D eigenvalue weighted by Crippen LogP contribution is 2.20. The van der Waals surface area contributed by atoms with E-state index < -0.39 is 0 Å². The van der Waals surface area contributed by atoms with Crippen LogP contribution in [-0.2, 0) is 4.74 Å². The summed E-state index contributed by atoms with van der Waals surface area (Å²) in [7, 11) is 0. The first-order valence-corrected chi connectivity index (χ1v) is 8.42. The van der Waals surface area contributed by atoms with Crippen molar-refractivity contribution in [1.29, 1.82) is 0 Å². The molecule has 1 atom stereocenters. The van der Waals surface area contributed by atoms with Crippen LogP contribution in [0.3, 0.4) is 0 Å². The fraction of sp³-hybridized carbons (Fsp3) is 0.882. The molecule has 1 aliphatic rings. The molecule has 112 valence electrons. The number of ether oxygens (including phenoxy) is 1. The van der Waals surface area contributed by atoms with Crippen molar-refractivity contribution < 1.29 is 4.74 Å². The van der Waals surface area contributed by atoms with Gasteiger partial charge in [-0.3, -0.25) is 0 Å². The molecule has 0 aliphatic carbocycles. The van der Waals surface area contributed by atoms with Crippen molar-refractivity contribution in [2.24, 2.45) is 0 Å². The summed E-state index contributed by atoms with van der Waals surface area (Å²) < 4.78 is 5.50. The maximum Gasteiger partial charge on any atom is 0.0876 e. The van der Waals surface area contributed by atoms with Crippen LogP contribution >= 0.6 is 0 Å². The minimum absolute atomic E-state index is 0.562. The summed E-state index contributed by atoms with van der Waals surface area (Å²) in [6.45, 7) is 6.54. The van der Waals surface area contributed by atoms with Crippen molar-refractivity contribution in [2.45, 2.75) is 84.1 Å². The maximum atomic E-state index is 5.50. The molecule has 0 saturated carbocycles. The molecule has 19 heavy (non-hydrogen) atoms. The summed E-state index contributed by atoms with van der Waals surface area (Å²) in [5.74, 6) is 0. The number of rotatable bonds is 11. The van der Waals surface area contributed by atoms with E-state index in [0.29, 0.717) is 6.04 Å². The first-order valence-electron chi connectivity index (χ1n) is 8.42. The molecule has 1 heterocycles. The highest BCUT2D eigenvalue weighted by Gasteiger charge is 2.15. The average Bonchev–Trinajstić information content (AvgIpc) is 2.46. The number of nitrogens with one attached hydrogen (secondary N) is 1. The second kappa shape index (κ2) is 11.3. The molecule has 0 saturated heterocycles. The fourth-order valence-corrected chi connectivity index (χ4v) is 2.71. The third-order valence-corrected chi connectivity index (χ3v) is 3.90. The Labute approximate surface area is 120 Å². The van der Waals surface area contributed by atoms with Gasteiger partial charge in [0, 0.05) is 6.04 Å². The summed E-state index contributed by atoms with van der Waals surface area (Å²) in [5.41, 5.74) is 1.49. The summed E-state index contributed by atoms with van der Waals surface area (Å²) in [5, 5.41) is 3.69. The van der Waals surface area contributed by atoms with E-state index in [-0.39, 0.29) is 0 Å². The molecule has 0 bridgehead atoms. The first-order chi connectivity index (χ1) is 9.38. The minimum atomic E-state index is 0.562. The van der Waals surface area contributed by atoms with Gasteiger partial charge in [0.25, 0.3) is 0 Å². The molecular weight excluding hydrogens is 234 g/mol. The topological polar surface area (TPSA) is 21.3 Å². The van der Waals surface area contributed by atoms with Gasteiger partial charge in [-0.2, -0.15) is 0 Å². The number of hydrogen-bond acceptors (Lipinski definition) is 2. The maximum absolute atomic E-state index is 5.50. The van der Waals surface area contributed by atoms with Gasteiger partial charge in [0.2, 0.25) is 0 Å². The second-order valence-electron chi connectivity index (χ2n) is 5.73. The van der Waals surface area contributed by atoms with Crippen LogP contribution in [0.5, 0.6) is 0 Å². The zero-order chi connectivity index (χ0) is 13.8. The molecule has 0 amide bonds. The Hall–Kier alpha value is -0.500. The van der Waals surface area contributed by atoms with E-state index in [1.165, 1.54) is 69.8 Å². The highest BCUT2D eigenvalue weighted by molar-refractivity contribution is 5.09. The van der Waals surface area contributed by atoms with Crippen molar-refractivity contribution in [3.8, 4) is 0 Å². The van der Waals surface area contributed by atoms with Crippen LogP contribution in [0.25, 0.3) is 0 Å². The Bertz CT molecular complexity index is 237. The smallest absolute Gasteiger partial charge is 0.0876 e. The molecule has 0 aromatic heterocycles. The van der Waals surface area contributed by atoms with Crippen LogP contribution in [0.4, 0.5) is 0 Å². The van der Waals surface area contributed by atoms with E-state index in [9.17, 15) is 0 Å². The van der Waals surface area contributed by atoms with Gasteiger partial charge in [0.05, 0.1) is 12.9 Å². The van der Waals surface area contributed by atoms with Crippen LogP contribution in [-0.4, -0.2) is 19.2 Å². The van der Waals surface area contributed by atoms with Gasteiger partial charge in [0.15, 0.2) is 0 Å². The quantitative estimate of drug-likeness (QED) is 0.543. The molecule has 0 spiro atoms. The fourth-order valence-electron chi connectivity index (χ4n) is 2.71. The lowest BCUT2D eigenvalue weighted by Gasteiger charge is -2.24. The first kappa shape index (κ1) is 16.6. The van der Waals surface area contributed by atoms with Gasteiger partial charge < -0.3 is 10.1 Å². The molecule has 2 heteroatoms. The van der Waals surface area contributed by atoms with Gasteiger partial charge in [-0.25, -0.2) is 0 Å². The lowest BCUT2D eigenvalue weighted by molar-refractivity contribution is 0.218. The van der Waals surface area contributed by atoms with E-state index in [4.69, 9.17) is 4.74 Å². The Morgan fingerprint density at radius 3 is 2.58 bits per heavy atom. The normalized spacial score (nSPS) is 16.8. The van der Waals surface area contributed by atoms with Gasteiger partial charge in [-0.1, -0.05) is 52.4 Å². The van der Waals surface area contributed by atoms with Crippen molar-refractivity contribution in [2.75, 3.05) is 13.2 Å². The van der Waals surface area contributed by atoms with Gasteiger partial charge in [-0.15, -0.1) is 0 Å². The molecule has 0 aromatic carbocycles. The summed E-state index contributed by atoms with van der Waals surface area (Å²) in [4.78, 5) is 0. The third-order valence-electron chi connectivity index (χ3n) is 3.90. The molecule has 2 nitrogen and oxygen atoms in total. The molecular formula is C17H33NO. The van der Waals surface area contributed by atoms with Gasteiger partial charge in [-0.05, 0) is 37.8 Å². The molecule has 0 fully saturated rings. The lowest BCUT2D eigenvalue weighted by atomic mass is 9.96. The SMILES string of the molecule is CCCCCCCCC(NCCC)C1=COCCC1. The molecule has 1 rings (SSSR count). The van der Waals surface area contributed by atoms with E-state index in [0.717, 1.165) is 13.2 Å². The Morgan fingerprint density at radius 1 is 1.11 bits per heavy atom. The van der Waals surface area contributed by atoms with Crippen molar-refractivity contribution in [1.82, 2.24) is 5.32 Å². The van der Waals surface area contributed by atoms with Crippen LogP contribution in [0.2, 0.25) is 0 Å². The highest BCUT2D eigenvalue weighted by atomic mass is 16.5. The van der Waals surface area contributed by atoms with E-state index in [1.807, 2.05) is 6.26 Å². The van der Waals surface area contributed by atoms with Crippen LogP contribution in [0, 0.1) is 0 Å². The summed E-state index contributed by atoms with van der Waals surface area (Å²) in [6.07, 6.45) is 15.2. The van der Waals surface area contributed by atoms with Crippen LogP contribution in [0.15, 0.2) is 11.8 Å². The number of unbranched alkanes of at least 4 members (excludes halogenated alkanes) is 5. The monoisotopic (exact) mass is 267 g/mol. The molecule has 1 unspecified atom stereocenters. The van der Waals surface area contributed by atoms with Crippen LogP contribution < -0.4 is 5.32 Å². The summed E-state index contributed by atoms with van der Waals surface area (Å²) >= 11 is 0. The van der Waals surface area contributed by atoms with Gasteiger partial charge in [0.1, 0.15) is 0 Å². The van der Waals surface area contributed by atoms with Crippen LogP contribution in [0.1, 0.15) is 78.1 Å². The summed E-state index contributed by atoms with van der Waals surface area (Å²) in [6, 6.07) is 0.562. The minimum Gasteiger partial charge on any atom is -0.501 e. The largest absolute Gasteiger partial charge is 0.501 e. The predicted molar refractivity (Wildman–Crippen MR) is 83.3 cm³/mol.